The highest BCUT2D eigenvalue weighted by Gasteiger charge is 2.42. The van der Waals surface area contributed by atoms with Crippen LogP contribution in [-0.4, -0.2) is 74.9 Å². The van der Waals surface area contributed by atoms with E-state index in [0.717, 1.165) is 17.1 Å². The van der Waals surface area contributed by atoms with Crippen molar-refractivity contribution < 1.29 is 41.0 Å². The molecule has 2 aliphatic rings. The van der Waals surface area contributed by atoms with Crippen LogP contribution in [0.1, 0.15) is 40.4 Å². The van der Waals surface area contributed by atoms with Crippen LogP contribution in [0.5, 0.6) is 11.5 Å². The van der Waals surface area contributed by atoms with Crippen molar-refractivity contribution >= 4 is 45.1 Å². The summed E-state index contributed by atoms with van der Waals surface area (Å²) in [6, 6.07) is 9.95. The molecule has 0 N–H and O–H groups in total. The highest BCUT2D eigenvalue weighted by atomic mass is 35.5. The summed E-state index contributed by atoms with van der Waals surface area (Å²) >= 11 is 12.7. The lowest BCUT2D eigenvalue weighted by molar-refractivity contribution is -0.158. The zero-order valence-electron chi connectivity index (χ0n) is 24.9. The monoisotopic (exact) mass is 697 g/mol. The number of aromatic nitrogens is 1. The molecule has 1 aromatic heterocycles. The van der Waals surface area contributed by atoms with Crippen molar-refractivity contribution in [2.24, 2.45) is 11.8 Å². The lowest BCUT2D eigenvalue weighted by Gasteiger charge is -2.37. The predicted octanol–water partition coefficient (Wildman–Crippen LogP) is 5.63. The fourth-order valence-electron chi connectivity index (χ4n) is 4.79. The van der Waals surface area contributed by atoms with Crippen LogP contribution in [0.2, 0.25) is 10.0 Å². The van der Waals surface area contributed by atoms with Crippen LogP contribution >= 0.6 is 23.2 Å². The maximum Gasteiger partial charge on any atom is 0.387 e. The van der Waals surface area contributed by atoms with Crippen molar-refractivity contribution in [3.05, 3.63) is 81.6 Å². The van der Waals surface area contributed by atoms with Gasteiger partial charge in [-0.2, -0.15) is 13.1 Å². The van der Waals surface area contributed by atoms with E-state index < -0.39 is 34.6 Å². The molecule has 1 aliphatic carbocycles. The van der Waals surface area contributed by atoms with Crippen molar-refractivity contribution in [1.29, 1.82) is 0 Å². The summed E-state index contributed by atoms with van der Waals surface area (Å²) in [5, 5.41) is 0.458. The molecule has 1 saturated carbocycles. The SMILES string of the molecule is CN(C)C(=O)c1cccc(S(=O)(=O)N2CC(C(=O)OC(Cc3c(Cl)cncc3Cl)c3ccc(OC(F)F)c(OCC4CC4)c3)C2)c1. The second-order valence-corrected chi connectivity index (χ2v) is 14.0. The van der Waals surface area contributed by atoms with Gasteiger partial charge < -0.3 is 19.1 Å². The van der Waals surface area contributed by atoms with E-state index in [1.807, 2.05) is 0 Å². The molecule has 1 aliphatic heterocycles. The molecule has 46 heavy (non-hydrogen) atoms. The van der Waals surface area contributed by atoms with Gasteiger partial charge in [0, 0.05) is 51.6 Å². The summed E-state index contributed by atoms with van der Waals surface area (Å²) in [4.78, 5) is 31.0. The summed E-state index contributed by atoms with van der Waals surface area (Å²) in [6.07, 6.45) is 3.72. The number of hydrogen-bond donors (Lipinski definition) is 0. The quantitative estimate of drug-likeness (QED) is 0.211. The molecule has 5 rings (SSSR count). The van der Waals surface area contributed by atoms with Crippen LogP contribution in [0.4, 0.5) is 8.78 Å². The molecule has 0 radical (unpaired) electrons. The number of ether oxygens (including phenoxy) is 3. The molecular weight excluding hydrogens is 667 g/mol. The van der Waals surface area contributed by atoms with Gasteiger partial charge in [-0.25, -0.2) is 8.42 Å². The molecule has 1 amide bonds. The van der Waals surface area contributed by atoms with Gasteiger partial charge >= 0.3 is 12.6 Å². The lowest BCUT2D eigenvalue weighted by Crippen LogP contribution is -2.53. The summed E-state index contributed by atoms with van der Waals surface area (Å²) in [7, 11) is -0.874. The number of sulfonamides is 1. The predicted molar refractivity (Wildman–Crippen MR) is 165 cm³/mol. The van der Waals surface area contributed by atoms with Crippen LogP contribution in [0.3, 0.4) is 0 Å². The topological polar surface area (TPSA) is 115 Å². The minimum absolute atomic E-state index is 0.00444. The summed E-state index contributed by atoms with van der Waals surface area (Å²) in [6.45, 7) is -3.06. The average Bonchev–Trinajstić information content (AvgIpc) is 3.81. The Labute approximate surface area is 275 Å². The lowest BCUT2D eigenvalue weighted by atomic mass is 10.00. The Bertz CT molecular complexity index is 1700. The first-order chi connectivity index (χ1) is 21.8. The Balaban J connectivity index is 1.35. The third-order valence-electron chi connectivity index (χ3n) is 7.63. The molecule has 2 aromatic carbocycles. The number of halogens is 4. The molecule has 0 bridgehead atoms. The Morgan fingerprint density at radius 1 is 1.04 bits per heavy atom. The number of esters is 1. The fourth-order valence-corrected chi connectivity index (χ4v) is 6.88. The van der Waals surface area contributed by atoms with Gasteiger partial charge in [0.15, 0.2) is 11.5 Å². The maximum atomic E-state index is 13.4. The standard InChI is InChI=1S/C31H31Cl2F2N3O7S/c1-37(2)29(39)20-4-3-5-22(10-20)46(41,42)38-15-21(16-38)30(40)44-27(12-23-24(32)13-36-14-25(23)33)19-8-9-26(45-31(34)35)28(11-19)43-17-18-6-7-18/h3-5,8-11,13-14,18,21,27,31H,6-7,12,15-17H2,1-2H3. The molecule has 1 unspecified atom stereocenters. The van der Waals surface area contributed by atoms with E-state index in [1.165, 1.54) is 59.8 Å². The molecular formula is C31H31Cl2F2N3O7S. The molecule has 15 heteroatoms. The van der Waals surface area contributed by atoms with Crippen molar-refractivity contribution in [3.8, 4) is 11.5 Å². The van der Waals surface area contributed by atoms with Crippen LogP contribution in [0, 0.1) is 11.8 Å². The minimum atomic E-state index is -4.00. The second-order valence-electron chi connectivity index (χ2n) is 11.3. The van der Waals surface area contributed by atoms with E-state index >= 15 is 0 Å². The Hall–Kier alpha value is -3.52. The summed E-state index contributed by atoms with van der Waals surface area (Å²) in [5.74, 6) is -1.60. The molecule has 246 valence electrons. The van der Waals surface area contributed by atoms with E-state index in [4.69, 9.17) is 32.7 Å². The number of carbonyl (C=O) groups is 2. The molecule has 2 heterocycles. The van der Waals surface area contributed by atoms with Crippen LogP contribution in [0.25, 0.3) is 0 Å². The van der Waals surface area contributed by atoms with E-state index in [9.17, 15) is 26.8 Å². The second kappa shape index (κ2) is 14.1. The Morgan fingerprint density at radius 3 is 2.37 bits per heavy atom. The van der Waals surface area contributed by atoms with Crippen LogP contribution in [-0.2, 0) is 26.0 Å². The van der Waals surface area contributed by atoms with E-state index in [-0.39, 0.29) is 57.4 Å². The number of carbonyl (C=O) groups excluding carboxylic acids is 2. The number of amides is 1. The first kappa shape index (κ1) is 33.8. The van der Waals surface area contributed by atoms with Crippen molar-refractivity contribution in [3.63, 3.8) is 0 Å². The zero-order chi connectivity index (χ0) is 33.2. The number of benzene rings is 2. The van der Waals surface area contributed by atoms with Gasteiger partial charge in [0.2, 0.25) is 10.0 Å². The number of hydrogen-bond acceptors (Lipinski definition) is 8. The number of alkyl halides is 2. The summed E-state index contributed by atoms with van der Waals surface area (Å²) in [5.41, 5.74) is 1.05. The maximum absolute atomic E-state index is 13.4. The van der Waals surface area contributed by atoms with Crippen LogP contribution in [0.15, 0.2) is 59.8 Å². The van der Waals surface area contributed by atoms with Crippen LogP contribution < -0.4 is 9.47 Å². The van der Waals surface area contributed by atoms with Crippen molar-refractivity contribution in [2.45, 2.75) is 36.9 Å². The molecule has 0 spiro atoms. The number of pyridine rings is 1. The third kappa shape index (κ3) is 7.88. The highest BCUT2D eigenvalue weighted by Crippen LogP contribution is 2.38. The number of nitrogens with zero attached hydrogens (tertiary/aromatic N) is 3. The average molecular weight is 699 g/mol. The molecule has 10 nitrogen and oxygen atoms in total. The molecule has 2 fully saturated rings. The fraction of sp³-hybridized carbons (Fsp3) is 0.387. The Kier molecular flexibility index (Phi) is 10.4. The summed E-state index contributed by atoms with van der Waals surface area (Å²) < 4.78 is 70.3. The third-order valence-corrected chi connectivity index (χ3v) is 10.1. The minimum Gasteiger partial charge on any atom is -0.489 e. The Morgan fingerprint density at radius 2 is 1.74 bits per heavy atom. The first-order valence-corrected chi connectivity index (χ1v) is 16.5. The van der Waals surface area contributed by atoms with Gasteiger partial charge in [0.25, 0.3) is 5.91 Å². The largest absolute Gasteiger partial charge is 0.489 e. The smallest absolute Gasteiger partial charge is 0.387 e. The molecule has 1 atom stereocenters. The normalized spacial score (nSPS) is 16.1. The van der Waals surface area contributed by atoms with Crippen molar-refractivity contribution in [2.75, 3.05) is 33.8 Å². The van der Waals surface area contributed by atoms with Gasteiger partial charge in [-0.15, -0.1) is 0 Å². The molecule has 3 aromatic rings. The highest BCUT2D eigenvalue weighted by molar-refractivity contribution is 7.89. The van der Waals surface area contributed by atoms with Gasteiger partial charge in [-0.3, -0.25) is 14.6 Å². The number of rotatable bonds is 13. The van der Waals surface area contributed by atoms with Crippen molar-refractivity contribution in [1.82, 2.24) is 14.2 Å². The van der Waals surface area contributed by atoms with E-state index in [0.29, 0.717) is 23.7 Å². The first-order valence-electron chi connectivity index (χ1n) is 14.3. The van der Waals surface area contributed by atoms with Gasteiger partial charge in [0.1, 0.15) is 6.10 Å². The van der Waals surface area contributed by atoms with Gasteiger partial charge in [-0.1, -0.05) is 35.3 Å². The van der Waals surface area contributed by atoms with E-state index in [2.05, 4.69) is 9.72 Å². The van der Waals surface area contributed by atoms with E-state index in [1.54, 1.807) is 14.1 Å². The molecule has 1 saturated heterocycles. The van der Waals surface area contributed by atoms with Gasteiger partial charge in [-0.05, 0) is 60.2 Å². The van der Waals surface area contributed by atoms with Gasteiger partial charge in [0.05, 0.1) is 27.5 Å². The zero-order valence-corrected chi connectivity index (χ0v) is 27.2.